The Morgan fingerprint density at radius 3 is 2.03 bits per heavy atom. The van der Waals surface area contributed by atoms with Crippen molar-refractivity contribution in [1.82, 2.24) is 0 Å². The third-order valence-corrected chi connectivity index (χ3v) is 14.8. The summed E-state index contributed by atoms with van der Waals surface area (Å²) in [7, 11) is -2.18. The summed E-state index contributed by atoms with van der Waals surface area (Å²) in [5.41, 5.74) is 4.78. The van der Waals surface area contributed by atoms with E-state index < -0.39 is 8.07 Å². The third kappa shape index (κ3) is 3.76. The zero-order valence-corrected chi connectivity index (χ0v) is 21.2. The predicted octanol–water partition coefficient (Wildman–Crippen LogP) is 8.05. The van der Waals surface area contributed by atoms with Crippen molar-refractivity contribution in [2.45, 2.75) is 64.7 Å². The number of anilines is 1. The van der Waals surface area contributed by atoms with Crippen LogP contribution in [0.15, 0.2) is 53.2 Å². The molecule has 3 rings (SSSR count). The zero-order chi connectivity index (χ0) is 22.2. The van der Waals surface area contributed by atoms with Crippen LogP contribution in [0.5, 0.6) is 0 Å². The van der Waals surface area contributed by atoms with Crippen LogP contribution in [0.1, 0.15) is 52.7 Å². The summed E-state index contributed by atoms with van der Waals surface area (Å²) < 4.78 is 0.812. The first-order chi connectivity index (χ1) is 14.1. The van der Waals surface area contributed by atoms with Crippen molar-refractivity contribution in [2.75, 3.05) is 4.90 Å². The lowest BCUT2D eigenvalue weighted by Gasteiger charge is -2.43. The fraction of sp³-hybridized carbons (Fsp3) is 0.400. The van der Waals surface area contributed by atoms with Gasteiger partial charge in [0.15, 0.2) is 0 Å². The third-order valence-electron chi connectivity index (χ3n) is 6.63. The molecule has 0 fully saturated rings. The number of benzene rings is 2. The summed E-state index contributed by atoms with van der Waals surface area (Å²) >= 11 is 13.6. The molecule has 0 saturated heterocycles. The van der Waals surface area contributed by atoms with Crippen molar-refractivity contribution >= 4 is 48.4 Å². The van der Waals surface area contributed by atoms with Gasteiger partial charge < -0.3 is 4.90 Å². The molecule has 0 radical (unpaired) electrons. The first-order valence-electron chi connectivity index (χ1n) is 10.7. The van der Waals surface area contributed by atoms with Crippen molar-refractivity contribution in [3.63, 3.8) is 0 Å². The van der Waals surface area contributed by atoms with E-state index in [2.05, 4.69) is 41.5 Å². The Labute approximate surface area is 191 Å². The molecule has 5 heteroatoms. The van der Waals surface area contributed by atoms with Gasteiger partial charge in [-0.2, -0.15) is 0 Å². The lowest BCUT2D eigenvalue weighted by atomic mass is 10.1. The van der Waals surface area contributed by atoms with Gasteiger partial charge in [0.2, 0.25) is 0 Å². The van der Waals surface area contributed by atoms with Gasteiger partial charge in [0.1, 0.15) is 8.07 Å². The zero-order valence-electron chi connectivity index (χ0n) is 18.7. The summed E-state index contributed by atoms with van der Waals surface area (Å²) in [6.07, 6.45) is 0. The van der Waals surface area contributed by atoms with Crippen molar-refractivity contribution < 1.29 is 4.79 Å². The quantitative estimate of drug-likeness (QED) is 0.315. The minimum Gasteiger partial charge on any atom is -0.303 e. The molecule has 1 aliphatic heterocycles. The smallest absolute Gasteiger partial charge is 0.260 e. The molecule has 1 amide bonds. The van der Waals surface area contributed by atoms with Crippen LogP contribution < -0.4 is 4.90 Å². The molecule has 0 N–H and O–H groups in total. The molecule has 2 aromatic rings. The van der Waals surface area contributed by atoms with E-state index in [0.29, 0.717) is 33.8 Å². The van der Waals surface area contributed by atoms with E-state index in [1.807, 2.05) is 53.4 Å². The number of halogens is 2. The number of carbonyl (C=O) groups excluding carboxylic acids is 1. The molecule has 0 aromatic heterocycles. The SMILES string of the molecule is CC(C)[Si](/C(Cl)=C1\C(=O)N(Cc2ccccc2)c2cc(Cl)ccc21)(C(C)C)C(C)C. The molecule has 1 aliphatic rings. The van der Waals surface area contributed by atoms with Gasteiger partial charge in [-0.15, -0.1) is 0 Å². The molecule has 2 aromatic carbocycles. The van der Waals surface area contributed by atoms with E-state index in [0.717, 1.165) is 21.5 Å². The van der Waals surface area contributed by atoms with Crippen molar-refractivity contribution in [3.05, 3.63) is 69.3 Å². The molecule has 30 heavy (non-hydrogen) atoms. The maximum atomic E-state index is 13.8. The lowest BCUT2D eigenvalue weighted by molar-refractivity contribution is -0.113. The van der Waals surface area contributed by atoms with Gasteiger partial charge in [0.25, 0.3) is 5.91 Å². The van der Waals surface area contributed by atoms with Crippen molar-refractivity contribution in [1.29, 1.82) is 0 Å². The fourth-order valence-electron chi connectivity index (χ4n) is 5.41. The Bertz CT molecular complexity index is 945. The van der Waals surface area contributed by atoms with E-state index >= 15 is 0 Å². The first kappa shape index (κ1) is 23.1. The van der Waals surface area contributed by atoms with Crippen molar-refractivity contribution in [3.8, 4) is 0 Å². The number of rotatable bonds is 6. The highest BCUT2D eigenvalue weighted by Gasteiger charge is 2.49. The van der Waals surface area contributed by atoms with Crippen LogP contribution in [0.3, 0.4) is 0 Å². The first-order valence-corrected chi connectivity index (χ1v) is 13.7. The van der Waals surface area contributed by atoms with E-state index in [4.69, 9.17) is 23.2 Å². The van der Waals surface area contributed by atoms with E-state index in [-0.39, 0.29) is 5.91 Å². The van der Waals surface area contributed by atoms with Crippen LogP contribution in [0.2, 0.25) is 21.6 Å². The van der Waals surface area contributed by atoms with Crippen LogP contribution in [0, 0.1) is 0 Å². The standard InChI is InChI=1S/C25H31Cl2NOSi/c1-16(2)30(17(3)4,18(5)6)24(27)23-21-13-12-20(26)14-22(21)28(25(23)29)15-19-10-8-7-9-11-19/h7-14,16-18H,15H2,1-6H3/b24-23-. The molecule has 0 unspecified atom stereocenters. The normalized spacial score (nSPS) is 16.1. The molecule has 0 aliphatic carbocycles. The molecular weight excluding hydrogens is 429 g/mol. The molecule has 0 saturated carbocycles. The van der Waals surface area contributed by atoms with Gasteiger partial charge in [0.05, 0.1) is 17.8 Å². The molecule has 160 valence electrons. The van der Waals surface area contributed by atoms with Crippen LogP contribution in [-0.4, -0.2) is 14.0 Å². The second-order valence-corrected chi connectivity index (χ2v) is 16.1. The number of nitrogens with zero attached hydrogens (tertiary/aromatic N) is 1. The minimum atomic E-state index is -2.18. The molecular formula is C25H31Cl2NOSi. The Morgan fingerprint density at radius 2 is 1.50 bits per heavy atom. The lowest BCUT2D eigenvalue weighted by Crippen LogP contribution is -2.46. The van der Waals surface area contributed by atoms with Crippen LogP contribution in [0.4, 0.5) is 5.69 Å². The van der Waals surface area contributed by atoms with Gasteiger partial charge in [-0.25, -0.2) is 0 Å². The summed E-state index contributed by atoms with van der Waals surface area (Å²) in [6, 6.07) is 15.7. The Hall–Kier alpha value is -1.55. The Kier molecular flexibility index (Phi) is 6.86. The van der Waals surface area contributed by atoms with Gasteiger partial charge >= 0.3 is 0 Å². The molecule has 0 atom stereocenters. The summed E-state index contributed by atoms with van der Waals surface area (Å²) in [6.45, 7) is 14.1. The summed E-state index contributed by atoms with van der Waals surface area (Å²) in [5, 5.41) is 0.622. The molecule has 0 spiro atoms. The van der Waals surface area contributed by atoms with Gasteiger partial charge in [-0.3, -0.25) is 4.79 Å². The molecule has 2 nitrogen and oxygen atoms in total. The fourth-order valence-corrected chi connectivity index (χ4v) is 13.9. The number of hydrogen-bond acceptors (Lipinski definition) is 1. The average Bonchev–Trinajstić information content (AvgIpc) is 2.93. The second kappa shape index (κ2) is 8.90. The Balaban J connectivity index is 2.23. The predicted molar refractivity (Wildman–Crippen MR) is 133 cm³/mol. The highest BCUT2D eigenvalue weighted by Crippen LogP contribution is 2.52. The topological polar surface area (TPSA) is 20.3 Å². The van der Waals surface area contributed by atoms with Crippen molar-refractivity contribution in [2.24, 2.45) is 0 Å². The molecule has 0 bridgehead atoms. The summed E-state index contributed by atoms with van der Waals surface area (Å²) in [4.78, 5) is 15.6. The average molecular weight is 461 g/mol. The second-order valence-electron chi connectivity index (χ2n) is 9.12. The van der Waals surface area contributed by atoms with Gasteiger partial charge in [0, 0.05) is 15.2 Å². The van der Waals surface area contributed by atoms with Gasteiger partial charge in [-0.1, -0.05) is 101 Å². The number of fused-ring (bicyclic) bond motifs is 1. The van der Waals surface area contributed by atoms with E-state index in [9.17, 15) is 4.79 Å². The number of carbonyl (C=O) groups is 1. The highest BCUT2D eigenvalue weighted by atomic mass is 35.5. The number of hydrogen-bond donors (Lipinski definition) is 0. The van der Waals surface area contributed by atoms with E-state index in [1.54, 1.807) is 0 Å². The Morgan fingerprint density at radius 1 is 0.933 bits per heavy atom. The summed E-state index contributed by atoms with van der Waals surface area (Å²) in [5.74, 6) is -0.0139. The monoisotopic (exact) mass is 459 g/mol. The van der Waals surface area contributed by atoms with Gasteiger partial charge in [-0.05, 0) is 34.3 Å². The van der Waals surface area contributed by atoms with Crippen LogP contribution in [-0.2, 0) is 11.3 Å². The highest BCUT2D eigenvalue weighted by molar-refractivity contribution is 6.98. The van der Waals surface area contributed by atoms with Crippen LogP contribution in [0.25, 0.3) is 5.57 Å². The maximum absolute atomic E-state index is 13.8. The molecule has 1 heterocycles. The minimum absolute atomic E-state index is 0.0139. The van der Waals surface area contributed by atoms with E-state index in [1.165, 1.54) is 0 Å². The van der Waals surface area contributed by atoms with Crippen LogP contribution >= 0.6 is 23.2 Å². The number of amides is 1. The largest absolute Gasteiger partial charge is 0.303 e. The maximum Gasteiger partial charge on any atom is 0.260 e.